The molecule has 0 heterocycles. The zero-order chi connectivity index (χ0) is 12.3. The van der Waals surface area contributed by atoms with E-state index in [0.717, 1.165) is 27.5 Å². The highest BCUT2D eigenvalue weighted by Crippen LogP contribution is 2.25. The van der Waals surface area contributed by atoms with Gasteiger partial charge in [-0.05, 0) is 30.2 Å². The summed E-state index contributed by atoms with van der Waals surface area (Å²) in [5.41, 5.74) is 9.76. The Bertz CT molecular complexity index is 523. The van der Waals surface area contributed by atoms with E-state index in [9.17, 15) is 0 Å². The van der Waals surface area contributed by atoms with E-state index >= 15 is 0 Å². The molecule has 0 amide bonds. The summed E-state index contributed by atoms with van der Waals surface area (Å²) in [6, 6.07) is 13.8. The van der Waals surface area contributed by atoms with Crippen LogP contribution in [0, 0.1) is 6.92 Å². The van der Waals surface area contributed by atoms with Crippen molar-refractivity contribution in [3.05, 3.63) is 58.6 Å². The molecule has 88 valence electrons. The molecule has 2 rings (SSSR count). The summed E-state index contributed by atoms with van der Waals surface area (Å²) in [4.78, 5) is 0. The average Bonchev–Trinajstić information content (AvgIpc) is 2.33. The minimum atomic E-state index is 0.676. The molecule has 0 bridgehead atoms. The molecule has 3 heteroatoms. The SMILES string of the molecule is Cc1cccc(NCc2ccccc2N)c1Cl. The molecule has 17 heavy (non-hydrogen) atoms. The lowest BCUT2D eigenvalue weighted by molar-refractivity contribution is 1.15. The first-order valence-electron chi connectivity index (χ1n) is 5.51. The van der Waals surface area contributed by atoms with Crippen LogP contribution in [-0.4, -0.2) is 0 Å². The minimum Gasteiger partial charge on any atom is -0.398 e. The fourth-order valence-electron chi connectivity index (χ4n) is 1.67. The quantitative estimate of drug-likeness (QED) is 0.808. The second-order valence-electron chi connectivity index (χ2n) is 3.99. The van der Waals surface area contributed by atoms with Crippen molar-refractivity contribution in [2.75, 3.05) is 11.1 Å². The van der Waals surface area contributed by atoms with Gasteiger partial charge >= 0.3 is 0 Å². The molecule has 0 spiro atoms. The molecule has 0 saturated carbocycles. The van der Waals surface area contributed by atoms with Gasteiger partial charge in [-0.2, -0.15) is 0 Å². The molecule has 0 aliphatic heterocycles. The van der Waals surface area contributed by atoms with Crippen molar-refractivity contribution < 1.29 is 0 Å². The summed E-state index contributed by atoms with van der Waals surface area (Å²) < 4.78 is 0. The Morgan fingerprint density at radius 1 is 1.12 bits per heavy atom. The normalized spacial score (nSPS) is 10.2. The van der Waals surface area contributed by atoms with Crippen molar-refractivity contribution in [2.24, 2.45) is 0 Å². The number of benzene rings is 2. The third-order valence-corrected chi connectivity index (χ3v) is 3.22. The van der Waals surface area contributed by atoms with Gasteiger partial charge in [-0.3, -0.25) is 0 Å². The van der Waals surface area contributed by atoms with Crippen LogP contribution in [0.15, 0.2) is 42.5 Å². The van der Waals surface area contributed by atoms with Crippen LogP contribution in [0.3, 0.4) is 0 Å². The number of para-hydroxylation sites is 1. The maximum atomic E-state index is 6.21. The van der Waals surface area contributed by atoms with E-state index in [1.807, 2.05) is 49.4 Å². The van der Waals surface area contributed by atoms with Crippen LogP contribution in [0.1, 0.15) is 11.1 Å². The van der Waals surface area contributed by atoms with Crippen LogP contribution < -0.4 is 11.1 Å². The molecule has 0 aliphatic rings. The van der Waals surface area contributed by atoms with Crippen molar-refractivity contribution in [3.63, 3.8) is 0 Å². The molecule has 0 saturated heterocycles. The van der Waals surface area contributed by atoms with Gasteiger partial charge in [-0.15, -0.1) is 0 Å². The summed E-state index contributed by atoms with van der Waals surface area (Å²) in [6.45, 7) is 2.67. The van der Waals surface area contributed by atoms with Crippen molar-refractivity contribution in [1.29, 1.82) is 0 Å². The fourth-order valence-corrected chi connectivity index (χ4v) is 1.86. The number of rotatable bonds is 3. The van der Waals surface area contributed by atoms with E-state index in [2.05, 4.69) is 5.32 Å². The van der Waals surface area contributed by atoms with Gasteiger partial charge in [0.15, 0.2) is 0 Å². The van der Waals surface area contributed by atoms with E-state index in [1.165, 1.54) is 0 Å². The van der Waals surface area contributed by atoms with Crippen LogP contribution in [0.2, 0.25) is 5.02 Å². The number of hydrogen-bond acceptors (Lipinski definition) is 2. The Balaban J connectivity index is 2.13. The van der Waals surface area contributed by atoms with E-state index in [-0.39, 0.29) is 0 Å². The van der Waals surface area contributed by atoms with Crippen LogP contribution in [-0.2, 0) is 6.54 Å². The van der Waals surface area contributed by atoms with Gasteiger partial charge in [-0.25, -0.2) is 0 Å². The number of nitrogen functional groups attached to an aromatic ring is 1. The summed E-state index contributed by atoms with van der Waals surface area (Å²) in [6.07, 6.45) is 0. The van der Waals surface area contributed by atoms with Crippen molar-refractivity contribution in [2.45, 2.75) is 13.5 Å². The molecule has 0 unspecified atom stereocenters. The van der Waals surface area contributed by atoms with Gasteiger partial charge in [0.25, 0.3) is 0 Å². The van der Waals surface area contributed by atoms with Crippen LogP contribution >= 0.6 is 11.6 Å². The lowest BCUT2D eigenvalue weighted by Gasteiger charge is -2.11. The van der Waals surface area contributed by atoms with Crippen LogP contribution in [0.25, 0.3) is 0 Å². The smallest absolute Gasteiger partial charge is 0.0666 e. The molecular formula is C14H15ClN2. The second-order valence-corrected chi connectivity index (χ2v) is 4.37. The Kier molecular flexibility index (Phi) is 3.55. The standard InChI is InChI=1S/C14H15ClN2/c1-10-5-4-8-13(14(10)15)17-9-11-6-2-3-7-12(11)16/h2-8,17H,9,16H2,1H3. The first kappa shape index (κ1) is 11.8. The highest BCUT2D eigenvalue weighted by Gasteiger charge is 2.03. The lowest BCUT2D eigenvalue weighted by Crippen LogP contribution is -2.03. The number of nitrogens with one attached hydrogen (secondary N) is 1. The van der Waals surface area contributed by atoms with Gasteiger partial charge in [0.05, 0.1) is 10.7 Å². The van der Waals surface area contributed by atoms with E-state index in [1.54, 1.807) is 0 Å². The summed E-state index contributed by atoms with van der Waals surface area (Å²) in [5.74, 6) is 0. The predicted molar refractivity (Wildman–Crippen MR) is 74.4 cm³/mol. The van der Waals surface area contributed by atoms with E-state index in [4.69, 9.17) is 17.3 Å². The Morgan fingerprint density at radius 2 is 1.88 bits per heavy atom. The van der Waals surface area contributed by atoms with Crippen molar-refractivity contribution >= 4 is 23.0 Å². The molecule has 2 aromatic carbocycles. The Morgan fingerprint density at radius 3 is 2.65 bits per heavy atom. The molecule has 0 atom stereocenters. The molecular weight excluding hydrogens is 232 g/mol. The molecule has 2 aromatic rings. The fraction of sp³-hybridized carbons (Fsp3) is 0.143. The maximum Gasteiger partial charge on any atom is 0.0666 e. The number of nitrogens with two attached hydrogens (primary N) is 1. The average molecular weight is 247 g/mol. The predicted octanol–water partition coefficient (Wildman–Crippen LogP) is 3.84. The van der Waals surface area contributed by atoms with Gasteiger partial charge in [0, 0.05) is 12.2 Å². The largest absolute Gasteiger partial charge is 0.398 e. The van der Waals surface area contributed by atoms with Gasteiger partial charge in [-0.1, -0.05) is 41.9 Å². The topological polar surface area (TPSA) is 38.0 Å². The molecule has 0 fully saturated rings. The third kappa shape index (κ3) is 2.71. The lowest BCUT2D eigenvalue weighted by atomic mass is 10.1. The van der Waals surface area contributed by atoms with E-state index < -0.39 is 0 Å². The Hall–Kier alpha value is -1.67. The molecule has 0 radical (unpaired) electrons. The van der Waals surface area contributed by atoms with Gasteiger partial charge < -0.3 is 11.1 Å². The number of hydrogen-bond donors (Lipinski definition) is 2. The third-order valence-electron chi connectivity index (χ3n) is 2.72. The van der Waals surface area contributed by atoms with Gasteiger partial charge in [0.1, 0.15) is 0 Å². The van der Waals surface area contributed by atoms with Crippen LogP contribution in [0.5, 0.6) is 0 Å². The second kappa shape index (κ2) is 5.11. The van der Waals surface area contributed by atoms with E-state index in [0.29, 0.717) is 6.54 Å². The molecule has 2 nitrogen and oxygen atoms in total. The van der Waals surface area contributed by atoms with Crippen LogP contribution in [0.4, 0.5) is 11.4 Å². The number of aryl methyl sites for hydroxylation is 1. The van der Waals surface area contributed by atoms with Gasteiger partial charge in [0.2, 0.25) is 0 Å². The number of halogens is 1. The van der Waals surface area contributed by atoms with Crippen molar-refractivity contribution in [3.8, 4) is 0 Å². The molecule has 0 aromatic heterocycles. The zero-order valence-corrected chi connectivity index (χ0v) is 10.5. The highest BCUT2D eigenvalue weighted by atomic mass is 35.5. The van der Waals surface area contributed by atoms with Crippen molar-refractivity contribution in [1.82, 2.24) is 0 Å². The first-order chi connectivity index (χ1) is 8.18. The highest BCUT2D eigenvalue weighted by molar-refractivity contribution is 6.33. The minimum absolute atomic E-state index is 0.676. The summed E-state index contributed by atoms with van der Waals surface area (Å²) in [7, 11) is 0. The molecule has 3 N–H and O–H groups in total. The number of anilines is 2. The monoisotopic (exact) mass is 246 g/mol. The first-order valence-corrected chi connectivity index (χ1v) is 5.88. The summed E-state index contributed by atoms with van der Waals surface area (Å²) in [5, 5.41) is 4.06. The molecule has 0 aliphatic carbocycles. The summed E-state index contributed by atoms with van der Waals surface area (Å²) >= 11 is 6.21. The Labute approximate surface area is 106 Å². The zero-order valence-electron chi connectivity index (χ0n) is 9.70. The maximum absolute atomic E-state index is 6.21.